The molecule has 9 aromatic rings. The van der Waals surface area contributed by atoms with Crippen LogP contribution in [0.2, 0.25) is 18.1 Å². The minimum atomic E-state index is -4.77. The van der Waals surface area contributed by atoms with Gasteiger partial charge in [0.25, 0.3) is 17.5 Å². The highest BCUT2D eigenvalue weighted by Crippen LogP contribution is 2.52. The Balaban J connectivity index is 0.966. The molecule has 3 N–H and O–H groups in total. The number of hydrogen-bond acceptors (Lipinski definition) is 18. The third-order valence-electron chi connectivity index (χ3n) is 16.9. The molecular weight excluding hydrogens is 1230 g/mol. The smallest absolute Gasteiger partial charge is 0.406 e. The van der Waals surface area contributed by atoms with Crippen molar-refractivity contribution < 1.29 is 56.2 Å². The van der Waals surface area contributed by atoms with E-state index in [1.807, 2.05) is 78.9 Å². The second-order valence-electron chi connectivity index (χ2n) is 23.8. The largest absolute Gasteiger partial charge is 0.497 e. The van der Waals surface area contributed by atoms with E-state index in [-0.39, 0.29) is 65.1 Å². The van der Waals surface area contributed by atoms with Crippen LogP contribution in [-0.4, -0.2) is 106 Å². The maximum absolute atomic E-state index is 16.3. The van der Waals surface area contributed by atoms with Gasteiger partial charge in [0, 0.05) is 48.3 Å². The number of carbonyl (C=O) groups is 2. The summed E-state index contributed by atoms with van der Waals surface area (Å²) in [5.41, 5.74) is 1.30. The summed E-state index contributed by atoms with van der Waals surface area (Å²) in [5.74, 6) is 0.508. The van der Waals surface area contributed by atoms with Gasteiger partial charge in [-0.25, -0.2) is 29.4 Å². The normalized spacial score (nSPS) is 19.0. The first-order chi connectivity index (χ1) is 44.7. The Bertz CT molecular complexity index is 4150. The van der Waals surface area contributed by atoms with Gasteiger partial charge in [-0.3, -0.25) is 37.9 Å². The number of fused-ring (bicyclic) bond motifs is 1. The molecule has 6 aromatic carbocycles. The summed E-state index contributed by atoms with van der Waals surface area (Å²) >= 11 is 0. The summed E-state index contributed by atoms with van der Waals surface area (Å²) in [6.07, 6.45) is -1.61. The lowest BCUT2D eigenvalue weighted by Gasteiger charge is -2.39. The van der Waals surface area contributed by atoms with Gasteiger partial charge in [-0.1, -0.05) is 130 Å². The van der Waals surface area contributed by atoms with Gasteiger partial charge in [0.15, 0.2) is 25.3 Å². The van der Waals surface area contributed by atoms with Gasteiger partial charge in [-0.05, 0) is 89.4 Å². The highest BCUT2D eigenvalue weighted by Gasteiger charge is 2.49. The van der Waals surface area contributed by atoms with Crippen LogP contribution in [0.4, 0.5) is 17.3 Å². The van der Waals surface area contributed by atoms with Gasteiger partial charge in [-0.2, -0.15) is 4.98 Å². The minimum absolute atomic E-state index is 0.0282. The number of methoxy groups -OCH3 is 2. The summed E-state index contributed by atoms with van der Waals surface area (Å²) in [7, 11) is -4.25. The van der Waals surface area contributed by atoms with Crippen molar-refractivity contribution in [3.63, 3.8) is 0 Å². The molecule has 7 atom stereocenters. The number of carbonyl (C=O) groups excluding carboxylic acids is 2. The molecule has 5 heterocycles. The molecule has 2 fully saturated rings. The van der Waals surface area contributed by atoms with Gasteiger partial charge >= 0.3 is 13.4 Å². The van der Waals surface area contributed by atoms with Crippen molar-refractivity contribution in [2.24, 2.45) is 0 Å². The number of nitrogens with one attached hydrogen (secondary N) is 3. The van der Waals surface area contributed by atoms with Crippen molar-refractivity contribution in [1.82, 2.24) is 34.2 Å². The van der Waals surface area contributed by atoms with E-state index in [0.29, 0.717) is 33.8 Å². The molecule has 1 unspecified atom stereocenters. The monoisotopic (exact) mass is 1300 g/mol. The molecular formula is C67H71N10O14PSi. The van der Waals surface area contributed by atoms with Crippen LogP contribution in [0.15, 0.2) is 194 Å². The Hall–Kier alpha value is -9.14. The molecule has 0 bridgehead atoms. The van der Waals surface area contributed by atoms with Crippen molar-refractivity contribution in [1.29, 1.82) is 0 Å². The fraction of sp³-hybridized carbons (Fsp3) is 0.299. The number of nitro groups is 1. The quantitative estimate of drug-likeness (QED) is 0.0158. The van der Waals surface area contributed by atoms with Crippen molar-refractivity contribution in [2.75, 3.05) is 38.1 Å². The van der Waals surface area contributed by atoms with E-state index in [9.17, 15) is 24.5 Å². The Morgan fingerprint density at radius 2 is 1.24 bits per heavy atom. The fourth-order valence-electron chi connectivity index (χ4n) is 11.0. The predicted octanol–water partition coefficient (Wildman–Crippen LogP) is 11.8. The standard InChI is InChI=1S/C67H71N10O14PSi/c1-66(2,3)93(6,7)91-54-38-58(75-36-35-57(73-65(75)80)72-63(78)44-19-11-8-12-20-44)89-56(54)41-87-92(83,71-39-46-23-17-18-26-52(46)77(81)82)90-53-37-59(76-43-70-60-61(68-42-69-62(60)76)74-64(79)45-21-13-9-14-22-45)88-55(53)40-86-67(47-24-15-10-16-25-47,48-27-31-50(84-4)32-28-48)49-29-33-51(85-5)34-30-49/h8-36,42-43,53-56,58-59H,37-41H2,1-7H3,(H,71,83)(H,68,69,74,79)(H,72,73,78,80)/t53-,54-,55+,56+,58+,59+,92?/m0/s1. The van der Waals surface area contributed by atoms with E-state index >= 15 is 4.57 Å². The molecule has 0 saturated carbocycles. The SMILES string of the molecule is COc1ccc(C(OC[C@H]2O[C@@H](n3cnc4c(NC(=O)c5ccccc5)ncnc43)C[C@@H]2OP(=O)(NCc2ccccc2[N+](=O)[O-])OC[C@H]2O[C@@H](n3ccc(NC(=O)c4ccccc4)nc3=O)C[C@@H]2O[Si](C)(C)C(C)(C)C)(c2ccccc2)c2ccc(OC)cc2)cc1. The summed E-state index contributed by atoms with van der Waals surface area (Å²) < 4.78 is 72.2. The molecule has 24 nitrogen and oxygen atoms in total. The van der Waals surface area contributed by atoms with Crippen LogP contribution in [0.3, 0.4) is 0 Å². The highest BCUT2D eigenvalue weighted by molar-refractivity contribution is 7.51. The first kappa shape index (κ1) is 65.4. The van der Waals surface area contributed by atoms with Gasteiger partial charge in [-0.15, -0.1) is 0 Å². The van der Waals surface area contributed by atoms with Crippen molar-refractivity contribution in [2.45, 2.75) is 101 Å². The number of hydrogen-bond donors (Lipinski definition) is 3. The van der Waals surface area contributed by atoms with Gasteiger partial charge in [0.2, 0.25) is 0 Å². The van der Waals surface area contributed by atoms with Crippen molar-refractivity contribution in [3.05, 3.63) is 243 Å². The molecule has 482 valence electrons. The zero-order valence-electron chi connectivity index (χ0n) is 52.2. The molecule has 3 aromatic heterocycles. The second kappa shape index (κ2) is 28.0. The Kier molecular flexibility index (Phi) is 19.7. The van der Waals surface area contributed by atoms with E-state index in [4.69, 9.17) is 37.2 Å². The highest BCUT2D eigenvalue weighted by atomic mass is 31.2. The number of nitro benzene ring substituents is 1. The molecule has 2 aliphatic rings. The van der Waals surface area contributed by atoms with Gasteiger partial charge in [0.05, 0.1) is 44.8 Å². The van der Waals surface area contributed by atoms with Crippen molar-refractivity contribution >= 4 is 56.4 Å². The number of para-hydroxylation sites is 1. The van der Waals surface area contributed by atoms with Crippen LogP contribution in [-0.2, 0) is 44.4 Å². The van der Waals surface area contributed by atoms with Crippen LogP contribution >= 0.6 is 7.75 Å². The zero-order valence-corrected chi connectivity index (χ0v) is 54.1. The number of imidazole rings is 1. The molecule has 2 aliphatic heterocycles. The Labute approximate surface area is 537 Å². The minimum Gasteiger partial charge on any atom is -0.497 e. The topological polar surface area (TPSA) is 283 Å². The van der Waals surface area contributed by atoms with Crippen LogP contribution in [0.25, 0.3) is 11.2 Å². The van der Waals surface area contributed by atoms with E-state index in [1.54, 1.807) is 85.5 Å². The van der Waals surface area contributed by atoms with Crippen LogP contribution in [0.5, 0.6) is 11.5 Å². The maximum Gasteiger partial charge on any atom is 0.406 e. The summed E-state index contributed by atoms with van der Waals surface area (Å²) in [6, 6.07) is 49.3. The number of ether oxygens (including phenoxy) is 5. The predicted molar refractivity (Wildman–Crippen MR) is 348 cm³/mol. The third-order valence-corrected chi connectivity index (χ3v) is 23.0. The van der Waals surface area contributed by atoms with Crippen molar-refractivity contribution in [3.8, 4) is 11.5 Å². The van der Waals surface area contributed by atoms with E-state index in [1.165, 1.54) is 47.7 Å². The van der Waals surface area contributed by atoms with Gasteiger partial charge < -0.3 is 38.7 Å². The van der Waals surface area contributed by atoms with E-state index in [0.717, 1.165) is 5.56 Å². The average molecular weight is 1300 g/mol. The molecule has 0 radical (unpaired) electrons. The number of benzene rings is 6. The summed E-state index contributed by atoms with van der Waals surface area (Å²) in [5, 5.41) is 20.7. The number of amides is 2. The van der Waals surface area contributed by atoms with Crippen LogP contribution in [0.1, 0.15) is 89.0 Å². The molecule has 2 amide bonds. The zero-order chi connectivity index (χ0) is 65.5. The summed E-state index contributed by atoms with van der Waals surface area (Å²) in [6.45, 7) is 9.34. The maximum atomic E-state index is 16.3. The molecule has 0 aliphatic carbocycles. The molecule has 11 rings (SSSR count). The van der Waals surface area contributed by atoms with E-state index < -0.39 is 87.6 Å². The molecule has 0 spiro atoms. The lowest BCUT2D eigenvalue weighted by atomic mass is 9.80. The third kappa shape index (κ3) is 14.6. The Morgan fingerprint density at radius 1 is 0.688 bits per heavy atom. The lowest BCUT2D eigenvalue weighted by Crippen LogP contribution is -2.46. The Morgan fingerprint density at radius 3 is 1.83 bits per heavy atom. The first-order valence-electron chi connectivity index (χ1n) is 30.1. The van der Waals surface area contributed by atoms with Crippen LogP contribution in [0, 0.1) is 10.1 Å². The lowest BCUT2D eigenvalue weighted by molar-refractivity contribution is -0.385. The number of anilines is 2. The first-order valence-corrected chi connectivity index (χ1v) is 34.6. The fourth-order valence-corrected chi connectivity index (χ4v) is 13.9. The molecule has 26 heteroatoms. The molecule has 93 heavy (non-hydrogen) atoms. The second-order valence-corrected chi connectivity index (χ2v) is 30.3. The number of aromatic nitrogens is 6. The summed E-state index contributed by atoms with van der Waals surface area (Å²) in [4.78, 5) is 70.3. The van der Waals surface area contributed by atoms with E-state index in [2.05, 4.69) is 69.5 Å². The number of rotatable bonds is 25. The number of nitrogens with zero attached hydrogens (tertiary/aromatic N) is 7. The van der Waals surface area contributed by atoms with Gasteiger partial charge in [0.1, 0.15) is 60.0 Å². The average Bonchev–Trinajstić information content (AvgIpc) is 1.78. The van der Waals surface area contributed by atoms with Crippen LogP contribution < -0.4 is 30.9 Å². The molecule has 2 saturated heterocycles.